The van der Waals surface area contributed by atoms with Crippen molar-refractivity contribution in [1.82, 2.24) is 0 Å². The summed E-state index contributed by atoms with van der Waals surface area (Å²) in [6.45, 7) is 12.4. The van der Waals surface area contributed by atoms with Crippen LogP contribution in [0.15, 0.2) is 72.3 Å². The standard InChI is InChI=1S/C32H35NO5/c1-19(2)18-37-26-11-8-10-24(17-26)30(34)28-29(23-9-7-12-27(16-23)38-20(3)4)33(32(36)31(28)35)25-14-13-21(5)22(6)15-25/h7-17,19-20,29,34H,18H2,1-6H3/b30-28+. The van der Waals surface area contributed by atoms with E-state index in [4.69, 9.17) is 9.47 Å². The molecule has 1 saturated heterocycles. The number of benzene rings is 3. The Morgan fingerprint density at radius 3 is 2.29 bits per heavy atom. The van der Waals surface area contributed by atoms with Crippen LogP contribution in [0.3, 0.4) is 0 Å². The van der Waals surface area contributed by atoms with Crippen LogP contribution in [0, 0.1) is 19.8 Å². The Bertz CT molecular complexity index is 1390. The lowest BCUT2D eigenvalue weighted by molar-refractivity contribution is -0.132. The van der Waals surface area contributed by atoms with Gasteiger partial charge in [-0.05, 0) is 86.7 Å². The molecule has 1 heterocycles. The minimum Gasteiger partial charge on any atom is -0.507 e. The maximum atomic E-state index is 13.5. The summed E-state index contributed by atoms with van der Waals surface area (Å²) in [5, 5.41) is 11.5. The summed E-state index contributed by atoms with van der Waals surface area (Å²) in [4.78, 5) is 28.5. The molecule has 0 saturated carbocycles. The van der Waals surface area contributed by atoms with Crippen LogP contribution in [-0.2, 0) is 9.59 Å². The number of aryl methyl sites for hydroxylation is 2. The molecule has 6 heteroatoms. The molecule has 0 aliphatic carbocycles. The van der Waals surface area contributed by atoms with Gasteiger partial charge in [-0.15, -0.1) is 0 Å². The van der Waals surface area contributed by atoms with Crippen molar-refractivity contribution in [3.8, 4) is 11.5 Å². The SMILES string of the molecule is Cc1ccc(N2C(=O)C(=O)/C(=C(/O)c3cccc(OCC(C)C)c3)C2c2cccc(OC(C)C)c2)cc1C. The molecule has 38 heavy (non-hydrogen) atoms. The highest BCUT2D eigenvalue weighted by molar-refractivity contribution is 6.51. The van der Waals surface area contributed by atoms with E-state index in [1.165, 1.54) is 4.90 Å². The van der Waals surface area contributed by atoms with Crippen LogP contribution in [0.5, 0.6) is 11.5 Å². The second kappa shape index (κ2) is 11.1. The van der Waals surface area contributed by atoms with Crippen LogP contribution < -0.4 is 14.4 Å². The summed E-state index contributed by atoms with van der Waals surface area (Å²) >= 11 is 0. The van der Waals surface area contributed by atoms with Crippen molar-refractivity contribution in [2.75, 3.05) is 11.5 Å². The van der Waals surface area contributed by atoms with Gasteiger partial charge in [-0.3, -0.25) is 14.5 Å². The molecule has 1 N–H and O–H groups in total. The van der Waals surface area contributed by atoms with E-state index >= 15 is 0 Å². The molecule has 0 bridgehead atoms. The van der Waals surface area contributed by atoms with E-state index in [-0.39, 0.29) is 17.4 Å². The van der Waals surface area contributed by atoms with Gasteiger partial charge in [0.15, 0.2) is 0 Å². The molecule has 4 rings (SSSR count). The van der Waals surface area contributed by atoms with Crippen molar-refractivity contribution in [2.24, 2.45) is 5.92 Å². The normalized spacial score (nSPS) is 16.9. The predicted molar refractivity (Wildman–Crippen MR) is 150 cm³/mol. The van der Waals surface area contributed by atoms with Crippen molar-refractivity contribution in [3.05, 3.63) is 94.6 Å². The summed E-state index contributed by atoms with van der Waals surface area (Å²) in [7, 11) is 0. The molecule has 0 aromatic heterocycles. The average Bonchev–Trinajstić information content (AvgIpc) is 3.14. The van der Waals surface area contributed by atoms with Gasteiger partial charge in [0.2, 0.25) is 0 Å². The molecular formula is C32H35NO5. The van der Waals surface area contributed by atoms with Crippen molar-refractivity contribution in [3.63, 3.8) is 0 Å². The quantitative estimate of drug-likeness (QED) is 0.205. The van der Waals surface area contributed by atoms with E-state index in [1.807, 2.05) is 70.2 Å². The van der Waals surface area contributed by atoms with Crippen LogP contribution >= 0.6 is 0 Å². The topological polar surface area (TPSA) is 76.1 Å². The maximum absolute atomic E-state index is 13.5. The number of hydrogen-bond acceptors (Lipinski definition) is 5. The highest BCUT2D eigenvalue weighted by atomic mass is 16.5. The third kappa shape index (κ3) is 5.59. The second-order valence-electron chi connectivity index (χ2n) is 10.4. The van der Waals surface area contributed by atoms with Crippen molar-refractivity contribution < 1.29 is 24.2 Å². The number of rotatable bonds is 8. The Morgan fingerprint density at radius 1 is 0.895 bits per heavy atom. The van der Waals surface area contributed by atoms with Gasteiger partial charge >= 0.3 is 0 Å². The Kier molecular flexibility index (Phi) is 7.91. The van der Waals surface area contributed by atoms with Crippen LogP contribution in [-0.4, -0.2) is 29.5 Å². The average molecular weight is 514 g/mol. The first-order valence-electron chi connectivity index (χ1n) is 12.9. The van der Waals surface area contributed by atoms with Crippen LogP contribution in [0.1, 0.15) is 56.0 Å². The van der Waals surface area contributed by atoms with E-state index in [0.717, 1.165) is 11.1 Å². The lowest BCUT2D eigenvalue weighted by Crippen LogP contribution is -2.29. The molecule has 0 spiro atoms. The summed E-state index contributed by atoms with van der Waals surface area (Å²) in [6.07, 6.45) is -0.0510. The van der Waals surface area contributed by atoms with E-state index in [1.54, 1.807) is 24.3 Å². The zero-order chi connectivity index (χ0) is 27.6. The molecule has 198 valence electrons. The van der Waals surface area contributed by atoms with E-state index in [0.29, 0.717) is 40.8 Å². The zero-order valence-electron chi connectivity index (χ0n) is 22.8. The fraction of sp³-hybridized carbons (Fsp3) is 0.312. The van der Waals surface area contributed by atoms with Gasteiger partial charge in [-0.2, -0.15) is 0 Å². The lowest BCUT2D eigenvalue weighted by atomic mass is 9.94. The monoisotopic (exact) mass is 513 g/mol. The highest BCUT2D eigenvalue weighted by Crippen LogP contribution is 2.43. The Balaban J connectivity index is 1.89. The number of aliphatic hydroxyl groups excluding tert-OH is 1. The molecule has 1 aliphatic heterocycles. The van der Waals surface area contributed by atoms with Crippen LogP contribution in [0.25, 0.3) is 5.76 Å². The van der Waals surface area contributed by atoms with Gasteiger partial charge in [0.1, 0.15) is 17.3 Å². The van der Waals surface area contributed by atoms with Gasteiger partial charge < -0.3 is 14.6 Å². The Morgan fingerprint density at radius 2 is 1.61 bits per heavy atom. The second-order valence-corrected chi connectivity index (χ2v) is 10.4. The molecule has 3 aromatic carbocycles. The third-order valence-corrected chi connectivity index (χ3v) is 6.45. The smallest absolute Gasteiger partial charge is 0.300 e. The summed E-state index contributed by atoms with van der Waals surface area (Å²) < 4.78 is 11.7. The van der Waals surface area contributed by atoms with Crippen molar-refractivity contribution in [1.29, 1.82) is 0 Å². The van der Waals surface area contributed by atoms with Gasteiger partial charge in [0.05, 0.1) is 24.3 Å². The van der Waals surface area contributed by atoms with E-state index < -0.39 is 17.7 Å². The van der Waals surface area contributed by atoms with Crippen LogP contribution in [0.2, 0.25) is 0 Å². The number of ketones is 1. The molecule has 3 aromatic rings. The number of hydrogen-bond donors (Lipinski definition) is 1. The van der Waals surface area contributed by atoms with Crippen molar-refractivity contribution >= 4 is 23.1 Å². The largest absolute Gasteiger partial charge is 0.507 e. The highest BCUT2D eigenvalue weighted by Gasteiger charge is 2.47. The zero-order valence-corrected chi connectivity index (χ0v) is 22.8. The summed E-state index contributed by atoms with van der Waals surface area (Å²) in [5.74, 6) is -0.153. The number of aliphatic hydroxyl groups is 1. The molecular weight excluding hydrogens is 478 g/mol. The number of anilines is 1. The molecule has 1 amide bonds. The maximum Gasteiger partial charge on any atom is 0.300 e. The first-order valence-corrected chi connectivity index (χ1v) is 12.9. The molecule has 1 fully saturated rings. The van der Waals surface area contributed by atoms with Gasteiger partial charge in [0, 0.05) is 11.3 Å². The molecule has 6 nitrogen and oxygen atoms in total. The molecule has 1 unspecified atom stereocenters. The number of ether oxygens (including phenoxy) is 2. The van der Waals surface area contributed by atoms with E-state index in [9.17, 15) is 14.7 Å². The van der Waals surface area contributed by atoms with Gasteiger partial charge in [-0.1, -0.05) is 44.2 Å². The molecule has 1 atom stereocenters. The fourth-order valence-electron chi connectivity index (χ4n) is 4.47. The van der Waals surface area contributed by atoms with Crippen LogP contribution in [0.4, 0.5) is 5.69 Å². The minimum atomic E-state index is -0.840. The van der Waals surface area contributed by atoms with Gasteiger partial charge in [-0.25, -0.2) is 0 Å². The predicted octanol–water partition coefficient (Wildman–Crippen LogP) is 6.75. The lowest BCUT2D eigenvalue weighted by Gasteiger charge is -2.26. The Labute approximate surface area is 224 Å². The number of amides is 1. The summed E-state index contributed by atoms with van der Waals surface area (Å²) in [6, 6.07) is 19.1. The first kappa shape index (κ1) is 27.0. The minimum absolute atomic E-state index is 0.0240. The van der Waals surface area contributed by atoms with E-state index in [2.05, 4.69) is 13.8 Å². The first-order chi connectivity index (χ1) is 18.1. The van der Waals surface area contributed by atoms with Gasteiger partial charge in [0.25, 0.3) is 11.7 Å². The molecule has 1 aliphatic rings. The number of carbonyl (C=O) groups excluding carboxylic acids is 2. The number of carbonyl (C=O) groups is 2. The van der Waals surface area contributed by atoms with Crippen molar-refractivity contribution in [2.45, 2.75) is 53.7 Å². The summed E-state index contributed by atoms with van der Waals surface area (Å²) in [5.41, 5.74) is 3.75. The Hall–Kier alpha value is -4.06. The molecule has 0 radical (unpaired) electrons. The fourth-order valence-corrected chi connectivity index (χ4v) is 4.47. The number of Topliss-reactive ketones (excluding diaryl/α,β-unsaturated/α-hetero) is 1. The number of nitrogens with zero attached hydrogens (tertiary/aromatic N) is 1. The third-order valence-electron chi connectivity index (χ3n) is 6.45.